The molecule has 226 valence electrons. The third-order valence-electron chi connectivity index (χ3n) is 9.10. The van der Waals surface area contributed by atoms with Crippen molar-refractivity contribution in [3.05, 3.63) is 158 Å². The predicted molar refractivity (Wildman–Crippen MR) is 194 cm³/mol. The van der Waals surface area contributed by atoms with Crippen LogP contribution in [0.5, 0.6) is 0 Å². The molecular formula is C43H26N2O3. The Morgan fingerprint density at radius 2 is 1.06 bits per heavy atom. The lowest BCUT2D eigenvalue weighted by Gasteiger charge is -2.26. The fourth-order valence-electron chi connectivity index (χ4n) is 6.80. The van der Waals surface area contributed by atoms with Crippen LogP contribution in [0.4, 0.5) is 17.1 Å². The molecule has 5 nitrogen and oxygen atoms in total. The van der Waals surface area contributed by atoms with E-state index in [4.69, 9.17) is 18.2 Å². The highest BCUT2D eigenvalue weighted by Crippen LogP contribution is 2.44. The average molecular weight is 619 g/mol. The van der Waals surface area contributed by atoms with Crippen molar-refractivity contribution in [3.63, 3.8) is 0 Å². The van der Waals surface area contributed by atoms with Gasteiger partial charge in [-0.3, -0.25) is 0 Å². The van der Waals surface area contributed by atoms with E-state index < -0.39 is 0 Å². The Labute approximate surface area is 274 Å². The van der Waals surface area contributed by atoms with E-state index >= 15 is 0 Å². The standard InChI is InChI=1S/C43H26N2O3/c1-3-10-27(11-4-1)28-18-20-30(21-19-28)45(37-16-9-15-33-32-14-7-8-17-38(32)47-42(33)37)31-22-23-39-34(24-31)35-25-36-41(26-40(35)46-39)48-43(44-36)29-12-5-2-6-13-29/h1-26H. The van der Waals surface area contributed by atoms with Crippen LogP contribution in [-0.4, -0.2) is 4.98 Å². The third-order valence-corrected chi connectivity index (χ3v) is 9.10. The number of anilines is 3. The highest BCUT2D eigenvalue weighted by atomic mass is 16.4. The second-order valence-electron chi connectivity index (χ2n) is 12.0. The molecule has 3 aromatic heterocycles. The second kappa shape index (κ2) is 10.5. The molecule has 0 saturated heterocycles. The summed E-state index contributed by atoms with van der Waals surface area (Å²) in [5, 5.41) is 4.15. The van der Waals surface area contributed by atoms with Crippen LogP contribution in [-0.2, 0) is 0 Å². The molecule has 0 aliphatic heterocycles. The van der Waals surface area contributed by atoms with E-state index in [1.807, 2.05) is 60.7 Å². The molecule has 0 aliphatic carbocycles. The molecule has 0 amide bonds. The van der Waals surface area contributed by atoms with Crippen LogP contribution in [0.15, 0.2) is 171 Å². The highest BCUT2D eigenvalue weighted by molar-refractivity contribution is 6.12. The van der Waals surface area contributed by atoms with Gasteiger partial charge in [-0.25, -0.2) is 4.98 Å². The molecule has 0 fully saturated rings. The molecule has 0 spiro atoms. The van der Waals surface area contributed by atoms with E-state index in [9.17, 15) is 0 Å². The molecule has 7 aromatic carbocycles. The molecule has 48 heavy (non-hydrogen) atoms. The minimum Gasteiger partial charge on any atom is -0.456 e. The minimum absolute atomic E-state index is 0.590. The summed E-state index contributed by atoms with van der Waals surface area (Å²) in [6, 6.07) is 54.0. The zero-order valence-corrected chi connectivity index (χ0v) is 25.6. The number of hydrogen-bond donors (Lipinski definition) is 0. The molecule has 0 aliphatic rings. The Morgan fingerprint density at radius 1 is 0.396 bits per heavy atom. The smallest absolute Gasteiger partial charge is 0.227 e. The van der Waals surface area contributed by atoms with Crippen LogP contribution in [0.25, 0.3) is 77.6 Å². The van der Waals surface area contributed by atoms with Gasteiger partial charge in [0.05, 0.1) is 5.69 Å². The SMILES string of the molecule is c1ccc(-c2ccc(N(c3ccc4oc5cc6oc(-c7ccccc7)nc6cc5c4c3)c3cccc4c3oc3ccccc34)cc2)cc1. The number of benzene rings is 7. The maximum Gasteiger partial charge on any atom is 0.227 e. The van der Waals surface area contributed by atoms with Crippen molar-refractivity contribution in [2.24, 2.45) is 0 Å². The first-order valence-corrected chi connectivity index (χ1v) is 15.9. The van der Waals surface area contributed by atoms with Crippen molar-refractivity contribution in [1.82, 2.24) is 4.98 Å². The molecule has 0 unspecified atom stereocenters. The van der Waals surface area contributed by atoms with E-state index in [1.165, 1.54) is 5.56 Å². The summed E-state index contributed by atoms with van der Waals surface area (Å²) in [6.07, 6.45) is 0. The Morgan fingerprint density at radius 3 is 1.90 bits per heavy atom. The van der Waals surface area contributed by atoms with E-state index in [0.29, 0.717) is 11.5 Å². The molecule has 3 heterocycles. The van der Waals surface area contributed by atoms with Crippen molar-refractivity contribution in [1.29, 1.82) is 0 Å². The summed E-state index contributed by atoms with van der Waals surface area (Å²) in [5.41, 5.74) is 10.9. The summed E-state index contributed by atoms with van der Waals surface area (Å²) in [4.78, 5) is 7.09. The predicted octanol–water partition coefficient (Wildman–Crippen LogP) is 12.4. The lowest BCUT2D eigenvalue weighted by molar-refractivity contribution is 0.617. The first-order chi connectivity index (χ1) is 23.8. The van der Waals surface area contributed by atoms with Crippen molar-refractivity contribution in [2.75, 3.05) is 4.90 Å². The molecule has 5 heteroatoms. The monoisotopic (exact) mass is 618 g/mol. The number of fused-ring (bicyclic) bond motifs is 7. The van der Waals surface area contributed by atoms with Gasteiger partial charge in [0.2, 0.25) is 5.89 Å². The number of furan rings is 2. The lowest BCUT2D eigenvalue weighted by atomic mass is 10.0. The van der Waals surface area contributed by atoms with E-state index in [1.54, 1.807) is 0 Å². The fourth-order valence-corrected chi connectivity index (χ4v) is 6.80. The lowest BCUT2D eigenvalue weighted by Crippen LogP contribution is -2.10. The topological polar surface area (TPSA) is 55.6 Å². The van der Waals surface area contributed by atoms with Crippen LogP contribution in [0, 0.1) is 0 Å². The highest BCUT2D eigenvalue weighted by Gasteiger charge is 2.21. The summed E-state index contributed by atoms with van der Waals surface area (Å²) in [7, 11) is 0. The van der Waals surface area contributed by atoms with E-state index in [2.05, 4.69) is 102 Å². The maximum absolute atomic E-state index is 6.55. The minimum atomic E-state index is 0.590. The zero-order valence-electron chi connectivity index (χ0n) is 25.6. The first kappa shape index (κ1) is 26.6. The van der Waals surface area contributed by atoms with Crippen molar-refractivity contribution in [3.8, 4) is 22.6 Å². The summed E-state index contributed by atoms with van der Waals surface area (Å²) in [6.45, 7) is 0. The molecule has 0 N–H and O–H groups in total. The van der Waals surface area contributed by atoms with Crippen molar-refractivity contribution in [2.45, 2.75) is 0 Å². The van der Waals surface area contributed by atoms with Crippen LogP contribution in [0.3, 0.4) is 0 Å². The number of oxazole rings is 1. The largest absolute Gasteiger partial charge is 0.456 e. The van der Waals surface area contributed by atoms with Crippen LogP contribution in [0.2, 0.25) is 0 Å². The molecule has 0 atom stereocenters. The van der Waals surface area contributed by atoms with Crippen LogP contribution in [0.1, 0.15) is 0 Å². The molecule has 10 aromatic rings. The van der Waals surface area contributed by atoms with E-state index in [0.717, 1.165) is 77.6 Å². The van der Waals surface area contributed by atoms with Crippen molar-refractivity contribution >= 4 is 72.0 Å². The second-order valence-corrected chi connectivity index (χ2v) is 12.0. The van der Waals surface area contributed by atoms with Gasteiger partial charge < -0.3 is 18.2 Å². The van der Waals surface area contributed by atoms with Crippen LogP contribution < -0.4 is 4.90 Å². The molecule has 0 saturated carbocycles. The Kier molecular flexibility index (Phi) is 5.81. The summed E-state index contributed by atoms with van der Waals surface area (Å²) < 4.78 is 19.1. The number of para-hydroxylation sites is 2. The van der Waals surface area contributed by atoms with E-state index in [-0.39, 0.29) is 0 Å². The number of nitrogens with zero attached hydrogens (tertiary/aromatic N) is 2. The van der Waals surface area contributed by atoms with Gasteiger partial charge in [-0.15, -0.1) is 0 Å². The quantitative estimate of drug-likeness (QED) is 0.192. The average Bonchev–Trinajstić information content (AvgIpc) is 3.85. The Balaban J connectivity index is 1.17. The van der Waals surface area contributed by atoms with Gasteiger partial charge in [0.1, 0.15) is 22.3 Å². The first-order valence-electron chi connectivity index (χ1n) is 15.9. The fraction of sp³-hybridized carbons (Fsp3) is 0. The van der Waals surface area contributed by atoms with Gasteiger partial charge in [0.15, 0.2) is 11.2 Å². The molecule has 0 bridgehead atoms. The maximum atomic E-state index is 6.55. The number of hydrogen-bond acceptors (Lipinski definition) is 5. The molecule has 10 rings (SSSR count). The number of aromatic nitrogens is 1. The Hall–Kier alpha value is -6.59. The van der Waals surface area contributed by atoms with Gasteiger partial charge in [-0.1, -0.05) is 91.0 Å². The zero-order chi connectivity index (χ0) is 31.6. The third kappa shape index (κ3) is 4.22. The van der Waals surface area contributed by atoms with Gasteiger partial charge in [0, 0.05) is 44.5 Å². The van der Waals surface area contributed by atoms with Gasteiger partial charge in [0.25, 0.3) is 0 Å². The Bertz CT molecular complexity index is 2770. The van der Waals surface area contributed by atoms with Gasteiger partial charge in [-0.2, -0.15) is 0 Å². The van der Waals surface area contributed by atoms with Gasteiger partial charge >= 0.3 is 0 Å². The molecular weight excluding hydrogens is 592 g/mol. The van der Waals surface area contributed by atoms with Crippen molar-refractivity contribution < 1.29 is 13.3 Å². The van der Waals surface area contributed by atoms with Crippen LogP contribution >= 0.6 is 0 Å². The van der Waals surface area contributed by atoms with Gasteiger partial charge in [-0.05, 0) is 71.8 Å². The summed E-state index contributed by atoms with van der Waals surface area (Å²) in [5.74, 6) is 0.590. The normalized spacial score (nSPS) is 11.8. The molecule has 0 radical (unpaired) electrons. The summed E-state index contributed by atoms with van der Waals surface area (Å²) >= 11 is 0. The number of rotatable bonds is 5.